The molecule has 2 unspecified atom stereocenters. The molecule has 17 nitrogen and oxygen atoms in total. The van der Waals surface area contributed by atoms with Crippen LogP contribution in [0.5, 0.6) is 0 Å². The molecule has 0 fully saturated rings. The molecule has 0 bridgehead atoms. The predicted molar refractivity (Wildman–Crippen MR) is 372 cm³/mol. The number of phosphoric ester groups is 2. The summed E-state index contributed by atoms with van der Waals surface area (Å²) in [4.78, 5) is 72.4. The van der Waals surface area contributed by atoms with Crippen LogP contribution in [0.15, 0.2) is 0 Å². The van der Waals surface area contributed by atoms with E-state index >= 15 is 0 Å². The van der Waals surface area contributed by atoms with Crippen molar-refractivity contribution in [2.45, 2.75) is 406 Å². The monoisotopic (exact) mass is 1350 g/mol. The molecule has 0 heterocycles. The summed E-state index contributed by atoms with van der Waals surface area (Å²) in [5.41, 5.74) is 0. The Bertz CT molecular complexity index is 1760. The van der Waals surface area contributed by atoms with Crippen molar-refractivity contribution in [3.63, 3.8) is 0 Å². The summed E-state index contributed by atoms with van der Waals surface area (Å²) in [7, 11) is -9.89. The lowest BCUT2D eigenvalue weighted by Gasteiger charge is -2.21. The molecule has 19 heteroatoms. The molecule has 92 heavy (non-hydrogen) atoms. The third kappa shape index (κ3) is 66.7. The Labute approximate surface area is 562 Å². The average molecular weight is 1350 g/mol. The molecule has 0 spiro atoms. The third-order valence-electron chi connectivity index (χ3n) is 17.1. The molecular formula is C73H142O17P2. The molecule has 3 N–H and O–H groups in total. The van der Waals surface area contributed by atoms with Crippen LogP contribution in [0.4, 0.5) is 0 Å². The number of esters is 4. The molecule has 0 aromatic heterocycles. The highest BCUT2D eigenvalue weighted by Gasteiger charge is 2.30. The van der Waals surface area contributed by atoms with Gasteiger partial charge >= 0.3 is 39.5 Å². The van der Waals surface area contributed by atoms with Crippen LogP contribution in [0.3, 0.4) is 0 Å². The zero-order valence-corrected chi connectivity index (χ0v) is 61.3. The topological polar surface area (TPSA) is 237 Å². The van der Waals surface area contributed by atoms with E-state index in [0.717, 1.165) is 96.3 Å². The molecule has 0 saturated carbocycles. The van der Waals surface area contributed by atoms with Crippen LogP contribution >= 0.6 is 15.6 Å². The van der Waals surface area contributed by atoms with Gasteiger partial charge in [-0.3, -0.25) is 37.3 Å². The second kappa shape index (κ2) is 67.6. The van der Waals surface area contributed by atoms with Crippen LogP contribution in [0.1, 0.15) is 387 Å². The number of hydrogen-bond acceptors (Lipinski definition) is 15. The fourth-order valence-electron chi connectivity index (χ4n) is 11.2. The van der Waals surface area contributed by atoms with Gasteiger partial charge in [0.25, 0.3) is 0 Å². The number of hydrogen-bond donors (Lipinski definition) is 3. The van der Waals surface area contributed by atoms with E-state index in [-0.39, 0.29) is 25.7 Å². The maximum Gasteiger partial charge on any atom is 0.472 e. The van der Waals surface area contributed by atoms with Crippen molar-refractivity contribution in [2.24, 2.45) is 0 Å². The Kier molecular flexibility index (Phi) is 66.2. The number of ether oxygens (including phenoxy) is 4. The quantitative estimate of drug-likeness (QED) is 0.0222. The van der Waals surface area contributed by atoms with Gasteiger partial charge in [0.05, 0.1) is 26.4 Å². The first-order valence-electron chi connectivity index (χ1n) is 38.3. The molecule has 0 aromatic carbocycles. The van der Waals surface area contributed by atoms with Crippen LogP contribution in [0, 0.1) is 0 Å². The lowest BCUT2D eigenvalue weighted by molar-refractivity contribution is -0.161. The van der Waals surface area contributed by atoms with Crippen molar-refractivity contribution in [2.75, 3.05) is 39.6 Å². The maximum absolute atomic E-state index is 13.0. The van der Waals surface area contributed by atoms with Crippen molar-refractivity contribution < 1.29 is 80.2 Å². The van der Waals surface area contributed by atoms with Crippen molar-refractivity contribution in [3.05, 3.63) is 0 Å². The summed E-state index contributed by atoms with van der Waals surface area (Å²) < 4.78 is 68.2. The molecule has 5 atom stereocenters. The van der Waals surface area contributed by atoms with Crippen LogP contribution in [-0.4, -0.2) is 96.7 Å². The molecule has 0 aliphatic carbocycles. The lowest BCUT2D eigenvalue weighted by atomic mass is 10.0. The van der Waals surface area contributed by atoms with E-state index in [1.165, 1.54) is 212 Å². The SMILES string of the molecule is CCCCCCCCCCCCCCCCCCCCC(=O)O[C@H](COC(=O)CCCCCCCCCCCCCCCCCC)COP(=O)(O)OC[C@@H](O)COP(=O)(O)OC[C@@H](COC(=O)CCCCCCC)OC(=O)CCCCCCCCCCCCCCC. The van der Waals surface area contributed by atoms with Gasteiger partial charge in [0.2, 0.25) is 0 Å². The Hall–Kier alpha value is -1.94. The maximum atomic E-state index is 13.0. The van der Waals surface area contributed by atoms with Crippen LogP contribution in [0.2, 0.25) is 0 Å². The Morgan fingerprint density at radius 3 is 0.641 bits per heavy atom. The van der Waals surface area contributed by atoms with Gasteiger partial charge in [-0.1, -0.05) is 336 Å². The zero-order valence-electron chi connectivity index (χ0n) is 59.5. The standard InChI is InChI=1S/C73H142O17P2/c1-5-9-13-17-20-23-26-29-31-33-34-36-39-42-45-48-52-56-60-73(78)90-69(64-84-71(76)58-54-50-46-43-40-38-35-32-30-27-24-21-18-14-10-6-2)66-88-92(81,82)86-62-67(74)61-85-91(79,80)87-65-68(63-83-70(75)57-53-49-16-12-8-4)89-72(77)59-55-51-47-44-41-37-28-25-22-19-15-11-7-3/h67-69,74H,5-66H2,1-4H3,(H,79,80)(H,81,82)/t67-,68+,69+/m0/s1. The molecule has 0 rings (SSSR count). The number of phosphoric acid groups is 2. The Morgan fingerprint density at radius 2 is 0.435 bits per heavy atom. The lowest BCUT2D eigenvalue weighted by Crippen LogP contribution is -2.30. The minimum atomic E-state index is -4.95. The van der Waals surface area contributed by atoms with Gasteiger partial charge in [0, 0.05) is 25.7 Å². The van der Waals surface area contributed by atoms with Crippen molar-refractivity contribution in [1.82, 2.24) is 0 Å². The molecule has 0 aliphatic rings. The molecule has 0 amide bonds. The predicted octanol–water partition coefficient (Wildman–Crippen LogP) is 21.4. The highest BCUT2D eigenvalue weighted by atomic mass is 31.2. The van der Waals surface area contributed by atoms with Gasteiger partial charge in [0.15, 0.2) is 12.2 Å². The van der Waals surface area contributed by atoms with Crippen molar-refractivity contribution in [3.8, 4) is 0 Å². The number of carbonyl (C=O) groups excluding carboxylic acids is 4. The highest BCUT2D eigenvalue weighted by Crippen LogP contribution is 2.45. The number of aliphatic hydroxyl groups excluding tert-OH is 1. The average Bonchev–Trinajstić information content (AvgIpc) is 2.52. The number of rotatable bonds is 74. The highest BCUT2D eigenvalue weighted by molar-refractivity contribution is 7.47. The third-order valence-corrected chi connectivity index (χ3v) is 19.0. The second-order valence-corrected chi connectivity index (χ2v) is 29.2. The van der Waals surface area contributed by atoms with Gasteiger partial charge in [-0.05, 0) is 25.7 Å². The molecule has 546 valence electrons. The number of carbonyl (C=O) groups is 4. The number of unbranched alkanes of at least 4 members (excludes halogenated alkanes) is 48. The summed E-state index contributed by atoms with van der Waals surface area (Å²) in [6.07, 6.45) is 57.2. The van der Waals surface area contributed by atoms with Crippen molar-refractivity contribution >= 4 is 39.5 Å². The first-order chi connectivity index (χ1) is 44.7. The van der Waals surface area contributed by atoms with Crippen molar-refractivity contribution in [1.29, 1.82) is 0 Å². The summed E-state index contributed by atoms with van der Waals surface area (Å²) in [5.74, 6) is -2.13. The van der Waals surface area contributed by atoms with E-state index in [2.05, 4.69) is 27.7 Å². The largest absolute Gasteiger partial charge is 0.472 e. The minimum absolute atomic E-state index is 0.107. The fourth-order valence-corrected chi connectivity index (χ4v) is 12.8. The van der Waals surface area contributed by atoms with Gasteiger partial charge in [-0.2, -0.15) is 0 Å². The molecule has 0 aromatic rings. The van der Waals surface area contributed by atoms with E-state index in [4.69, 9.17) is 37.0 Å². The first-order valence-corrected chi connectivity index (χ1v) is 41.3. The van der Waals surface area contributed by atoms with Gasteiger partial charge < -0.3 is 33.8 Å². The van der Waals surface area contributed by atoms with Gasteiger partial charge in [-0.25, -0.2) is 9.13 Å². The summed E-state index contributed by atoms with van der Waals surface area (Å²) >= 11 is 0. The van der Waals surface area contributed by atoms with Crippen LogP contribution in [-0.2, 0) is 65.4 Å². The smallest absolute Gasteiger partial charge is 0.462 e. The molecular weight excluding hydrogens is 1210 g/mol. The minimum Gasteiger partial charge on any atom is -0.462 e. The van der Waals surface area contributed by atoms with E-state index in [1.807, 2.05) is 0 Å². The Balaban J connectivity index is 5.14. The molecule has 0 saturated heterocycles. The van der Waals surface area contributed by atoms with Crippen LogP contribution in [0.25, 0.3) is 0 Å². The fraction of sp³-hybridized carbons (Fsp3) is 0.945. The Morgan fingerprint density at radius 1 is 0.261 bits per heavy atom. The number of aliphatic hydroxyl groups is 1. The summed E-state index contributed by atoms with van der Waals surface area (Å²) in [6.45, 7) is 4.89. The molecule has 0 aliphatic heterocycles. The first kappa shape index (κ1) is 90.1. The second-order valence-electron chi connectivity index (χ2n) is 26.3. The van der Waals surface area contributed by atoms with E-state index < -0.39 is 97.5 Å². The normalized spacial score (nSPS) is 13.9. The summed E-state index contributed by atoms with van der Waals surface area (Å²) in [5, 5.41) is 10.6. The molecule has 0 radical (unpaired) electrons. The summed E-state index contributed by atoms with van der Waals surface area (Å²) in [6, 6.07) is 0. The zero-order chi connectivity index (χ0) is 67.5. The van der Waals surface area contributed by atoms with Gasteiger partial charge in [-0.15, -0.1) is 0 Å². The van der Waals surface area contributed by atoms with E-state index in [9.17, 15) is 43.2 Å². The van der Waals surface area contributed by atoms with E-state index in [1.54, 1.807) is 0 Å². The van der Waals surface area contributed by atoms with Gasteiger partial charge in [0.1, 0.15) is 19.3 Å². The van der Waals surface area contributed by atoms with E-state index in [0.29, 0.717) is 25.7 Å². The van der Waals surface area contributed by atoms with Crippen LogP contribution < -0.4 is 0 Å².